The van der Waals surface area contributed by atoms with Crippen molar-refractivity contribution in [2.75, 3.05) is 0 Å². The summed E-state index contributed by atoms with van der Waals surface area (Å²) in [6, 6.07) is 7.69. The molecule has 0 aliphatic heterocycles. The average molecular weight is 266 g/mol. The highest BCUT2D eigenvalue weighted by Gasteiger charge is 2.20. The van der Waals surface area contributed by atoms with Crippen LogP contribution in [0, 0.1) is 5.82 Å². The van der Waals surface area contributed by atoms with Crippen LogP contribution in [0.15, 0.2) is 42.7 Å². The van der Waals surface area contributed by atoms with Gasteiger partial charge in [0.25, 0.3) is 0 Å². The molecule has 0 saturated carbocycles. The van der Waals surface area contributed by atoms with Gasteiger partial charge in [0.2, 0.25) is 0 Å². The lowest BCUT2D eigenvalue weighted by Gasteiger charge is -2.20. The standard InChI is InChI=1S/C14H13ClFNO/c1-9(10-4-6-17-7-5-10)14(18)12-3-2-11(16)8-13(12)15/h2-9,14,18H,1H3. The highest BCUT2D eigenvalue weighted by molar-refractivity contribution is 6.31. The van der Waals surface area contributed by atoms with Crippen molar-refractivity contribution in [3.8, 4) is 0 Å². The second kappa shape index (κ2) is 5.46. The van der Waals surface area contributed by atoms with Gasteiger partial charge < -0.3 is 5.11 Å². The Morgan fingerprint density at radius 2 is 1.89 bits per heavy atom. The Balaban J connectivity index is 2.28. The molecule has 0 spiro atoms. The number of rotatable bonds is 3. The molecule has 2 atom stereocenters. The van der Waals surface area contributed by atoms with Gasteiger partial charge in [0.15, 0.2) is 0 Å². The minimum Gasteiger partial charge on any atom is -0.388 e. The quantitative estimate of drug-likeness (QED) is 0.918. The van der Waals surface area contributed by atoms with Crippen LogP contribution >= 0.6 is 11.6 Å². The maximum absolute atomic E-state index is 13.0. The number of aliphatic hydroxyl groups is 1. The van der Waals surface area contributed by atoms with Crippen LogP contribution in [0.2, 0.25) is 5.02 Å². The molecule has 0 amide bonds. The van der Waals surface area contributed by atoms with Crippen molar-refractivity contribution in [1.82, 2.24) is 4.98 Å². The topological polar surface area (TPSA) is 33.1 Å². The number of benzene rings is 1. The molecule has 94 valence electrons. The first kappa shape index (κ1) is 13.0. The fourth-order valence-corrected chi connectivity index (χ4v) is 2.14. The smallest absolute Gasteiger partial charge is 0.124 e. The molecule has 0 saturated heterocycles. The average Bonchev–Trinajstić information content (AvgIpc) is 2.38. The Labute approximate surface area is 110 Å². The minimum atomic E-state index is -0.777. The summed E-state index contributed by atoms with van der Waals surface area (Å²) in [6.07, 6.45) is 2.57. The van der Waals surface area contributed by atoms with Crippen LogP contribution in [0.4, 0.5) is 4.39 Å². The Kier molecular flexibility index (Phi) is 3.94. The van der Waals surface area contributed by atoms with Gasteiger partial charge in [0.1, 0.15) is 5.82 Å². The first-order valence-electron chi connectivity index (χ1n) is 5.62. The zero-order chi connectivity index (χ0) is 13.1. The van der Waals surface area contributed by atoms with E-state index in [1.807, 2.05) is 19.1 Å². The maximum Gasteiger partial charge on any atom is 0.124 e. The normalized spacial score (nSPS) is 14.2. The van der Waals surface area contributed by atoms with Crippen LogP contribution in [0.25, 0.3) is 0 Å². The molecule has 2 unspecified atom stereocenters. The largest absolute Gasteiger partial charge is 0.388 e. The number of hydrogen-bond acceptors (Lipinski definition) is 2. The van der Waals surface area contributed by atoms with E-state index in [1.165, 1.54) is 18.2 Å². The summed E-state index contributed by atoms with van der Waals surface area (Å²) >= 11 is 5.94. The molecule has 1 aromatic carbocycles. The van der Waals surface area contributed by atoms with Gasteiger partial charge in [-0.25, -0.2) is 4.39 Å². The lowest BCUT2D eigenvalue weighted by molar-refractivity contribution is 0.151. The van der Waals surface area contributed by atoms with Crippen molar-refractivity contribution < 1.29 is 9.50 Å². The molecule has 4 heteroatoms. The third-order valence-electron chi connectivity index (χ3n) is 2.99. The summed E-state index contributed by atoms with van der Waals surface area (Å²) in [6.45, 7) is 1.89. The zero-order valence-electron chi connectivity index (χ0n) is 9.85. The highest BCUT2D eigenvalue weighted by atomic mass is 35.5. The van der Waals surface area contributed by atoms with Crippen molar-refractivity contribution in [1.29, 1.82) is 0 Å². The SMILES string of the molecule is CC(c1ccncc1)C(O)c1ccc(F)cc1Cl. The van der Waals surface area contributed by atoms with Crippen molar-refractivity contribution in [2.24, 2.45) is 0 Å². The Morgan fingerprint density at radius 1 is 1.22 bits per heavy atom. The van der Waals surface area contributed by atoms with Gasteiger partial charge in [-0.2, -0.15) is 0 Å². The number of aliphatic hydroxyl groups excluding tert-OH is 1. The van der Waals surface area contributed by atoms with Crippen LogP contribution < -0.4 is 0 Å². The Hall–Kier alpha value is -1.45. The summed E-state index contributed by atoms with van der Waals surface area (Å²) in [5.74, 6) is -0.552. The van der Waals surface area contributed by atoms with E-state index in [9.17, 15) is 9.50 Å². The van der Waals surface area contributed by atoms with Crippen LogP contribution in [-0.4, -0.2) is 10.1 Å². The predicted octanol–water partition coefficient (Wildman–Crippen LogP) is 3.71. The summed E-state index contributed by atoms with van der Waals surface area (Å²) in [4.78, 5) is 3.93. The Morgan fingerprint density at radius 3 is 2.50 bits per heavy atom. The molecular formula is C14H13ClFNO. The molecule has 2 aromatic rings. The first-order chi connectivity index (χ1) is 8.59. The van der Waals surface area contributed by atoms with E-state index in [2.05, 4.69) is 4.98 Å². The third kappa shape index (κ3) is 2.68. The molecule has 1 N–H and O–H groups in total. The zero-order valence-corrected chi connectivity index (χ0v) is 10.6. The first-order valence-corrected chi connectivity index (χ1v) is 6.00. The number of aromatic nitrogens is 1. The van der Waals surface area contributed by atoms with Gasteiger partial charge in [0.05, 0.1) is 6.10 Å². The summed E-state index contributed by atoms with van der Waals surface area (Å²) < 4.78 is 13.0. The maximum atomic E-state index is 13.0. The second-order valence-corrected chi connectivity index (χ2v) is 4.59. The number of hydrogen-bond donors (Lipinski definition) is 1. The van der Waals surface area contributed by atoms with Gasteiger partial charge in [0, 0.05) is 23.3 Å². The fraction of sp³-hybridized carbons (Fsp3) is 0.214. The van der Waals surface area contributed by atoms with Crippen molar-refractivity contribution in [3.63, 3.8) is 0 Å². The van der Waals surface area contributed by atoms with Gasteiger partial charge in [-0.1, -0.05) is 24.6 Å². The second-order valence-electron chi connectivity index (χ2n) is 4.18. The van der Waals surface area contributed by atoms with Crippen molar-refractivity contribution in [2.45, 2.75) is 18.9 Å². The molecule has 1 heterocycles. The number of halogens is 2. The van der Waals surface area contributed by atoms with E-state index in [-0.39, 0.29) is 10.9 Å². The van der Waals surface area contributed by atoms with E-state index in [1.54, 1.807) is 12.4 Å². The van der Waals surface area contributed by atoms with Crippen LogP contribution in [-0.2, 0) is 0 Å². The monoisotopic (exact) mass is 265 g/mol. The van der Waals surface area contributed by atoms with E-state index in [0.29, 0.717) is 5.56 Å². The summed E-state index contributed by atoms with van der Waals surface area (Å²) in [5, 5.41) is 10.5. The van der Waals surface area contributed by atoms with E-state index in [4.69, 9.17) is 11.6 Å². The molecule has 2 nitrogen and oxygen atoms in total. The van der Waals surface area contributed by atoms with Gasteiger partial charge in [-0.3, -0.25) is 4.98 Å². The lowest BCUT2D eigenvalue weighted by atomic mass is 9.91. The van der Waals surface area contributed by atoms with Crippen molar-refractivity contribution >= 4 is 11.6 Å². The van der Waals surface area contributed by atoms with Crippen molar-refractivity contribution in [3.05, 3.63) is 64.7 Å². The molecular weight excluding hydrogens is 253 g/mol. The molecule has 18 heavy (non-hydrogen) atoms. The van der Waals surface area contributed by atoms with E-state index in [0.717, 1.165) is 5.56 Å². The highest BCUT2D eigenvalue weighted by Crippen LogP contribution is 2.34. The van der Waals surface area contributed by atoms with Crippen LogP contribution in [0.5, 0.6) is 0 Å². The van der Waals surface area contributed by atoms with E-state index >= 15 is 0 Å². The van der Waals surface area contributed by atoms with Gasteiger partial charge in [-0.15, -0.1) is 0 Å². The molecule has 2 rings (SSSR count). The fourth-order valence-electron chi connectivity index (χ4n) is 1.86. The lowest BCUT2D eigenvalue weighted by Crippen LogP contribution is -2.08. The van der Waals surface area contributed by atoms with Gasteiger partial charge in [-0.05, 0) is 35.4 Å². The summed E-state index contributed by atoms with van der Waals surface area (Å²) in [5.41, 5.74) is 1.49. The predicted molar refractivity (Wildman–Crippen MR) is 69.0 cm³/mol. The minimum absolute atomic E-state index is 0.143. The molecule has 0 fully saturated rings. The third-order valence-corrected chi connectivity index (χ3v) is 3.31. The molecule has 0 radical (unpaired) electrons. The molecule has 0 aliphatic rings. The summed E-state index contributed by atoms with van der Waals surface area (Å²) in [7, 11) is 0. The molecule has 0 aliphatic carbocycles. The van der Waals surface area contributed by atoms with Crippen LogP contribution in [0.1, 0.15) is 30.1 Å². The Bertz CT molecular complexity index is 533. The molecule has 1 aromatic heterocycles. The number of pyridine rings is 1. The van der Waals surface area contributed by atoms with E-state index < -0.39 is 11.9 Å². The van der Waals surface area contributed by atoms with Crippen LogP contribution in [0.3, 0.4) is 0 Å². The molecule has 0 bridgehead atoms. The van der Waals surface area contributed by atoms with Gasteiger partial charge >= 0.3 is 0 Å². The number of nitrogens with zero attached hydrogens (tertiary/aromatic N) is 1.